The molecule has 1 aromatic carbocycles. The lowest BCUT2D eigenvalue weighted by Crippen LogP contribution is -2.49. The summed E-state index contributed by atoms with van der Waals surface area (Å²) in [6.07, 6.45) is 4.27. The van der Waals surface area contributed by atoms with Gasteiger partial charge in [0.1, 0.15) is 0 Å². The normalized spacial score (nSPS) is 23.7. The third-order valence-corrected chi connectivity index (χ3v) is 4.18. The van der Waals surface area contributed by atoms with Gasteiger partial charge in [-0.05, 0) is 31.0 Å². The Morgan fingerprint density at radius 2 is 1.78 bits per heavy atom. The van der Waals surface area contributed by atoms with E-state index in [1.54, 1.807) is 0 Å². The number of rotatable bonds is 2. The highest BCUT2D eigenvalue weighted by molar-refractivity contribution is 9.11. The lowest BCUT2D eigenvalue weighted by atomic mass is 9.91. The third-order valence-electron chi connectivity index (χ3n) is 3.26. The maximum atomic E-state index is 12.2. The number of amides is 1. The van der Waals surface area contributed by atoms with Crippen LogP contribution in [0.3, 0.4) is 0 Å². The summed E-state index contributed by atoms with van der Waals surface area (Å²) in [6.45, 7) is 0. The molecule has 1 fully saturated rings. The van der Waals surface area contributed by atoms with Crippen LogP contribution in [0.25, 0.3) is 0 Å². The first kappa shape index (κ1) is 14.0. The van der Waals surface area contributed by atoms with Crippen molar-refractivity contribution in [1.29, 1.82) is 0 Å². The zero-order chi connectivity index (χ0) is 13.1. The third kappa shape index (κ3) is 3.56. The van der Waals surface area contributed by atoms with Crippen LogP contribution in [0, 0.1) is 0 Å². The van der Waals surface area contributed by atoms with E-state index in [2.05, 4.69) is 37.2 Å². The van der Waals surface area contributed by atoms with Crippen LogP contribution < -0.4 is 11.1 Å². The number of hydrogen-bond acceptors (Lipinski definition) is 2. The van der Waals surface area contributed by atoms with E-state index in [0.29, 0.717) is 5.56 Å². The largest absolute Gasteiger partial charge is 0.348 e. The fourth-order valence-electron chi connectivity index (χ4n) is 2.28. The Kier molecular flexibility index (Phi) is 4.81. The zero-order valence-electron chi connectivity index (χ0n) is 9.96. The number of carbonyl (C=O) groups is 1. The summed E-state index contributed by atoms with van der Waals surface area (Å²) in [5.41, 5.74) is 6.68. The van der Waals surface area contributed by atoms with Crippen molar-refractivity contribution in [2.75, 3.05) is 0 Å². The molecule has 3 nitrogen and oxygen atoms in total. The van der Waals surface area contributed by atoms with Crippen LogP contribution >= 0.6 is 31.9 Å². The van der Waals surface area contributed by atoms with Gasteiger partial charge in [0.05, 0.1) is 0 Å². The van der Waals surface area contributed by atoms with Crippen LogP contribution in [0.1, 0.15) is 36.0 Å². The van der Waals surface area contributed by atoms with E-state index in [-0.39, 0.29) is 18.0 Å². The van der Waals surface area contributed by atoms with E-state index in [0.717, 1.165) is 34.6 Å². The monoisotopic (exact) mass is 374 g/mol. The Morgan fingerprint density at radius 3 is 2.39 bits per heavy atom. The van der Waals surface area contributed by atoms with E-state index in [1.165, 1.54) is 0 Å². The maximum Gasteiger partial charge on any atom is 0.251 e. The van der Waals surface area contributed by atoms with Gasteiger partial charge >= 0.3 is 0 Å². The van der Waals surface area contributed by atoms with Crippen LogP contribution in [0.15, 0.2) is 27.1 Å². The Balaban J connectivity index is 2.06. The molecule has 2 atom stereocenters. The maximum absolute atomic E-state index is 12.2. The van der Waals surface area contributed by atoms with Gasteiger partial charge in [-0.1, -0.05) is 44.7 Å². The molecule has 0 spiro atoms. The van der Waals surface area contributed by atoms with E-state index in [4.69, 9.17) is 5.73 Å². The van der Waals surface area contributed by atoms with Crippen molar-refractivity contribution in [2.45, 2.75) is 37.8 Å². The first-order valence-electron chi connectivity index (χ1n) is 6.09. The molecule has 0 unspecified atom stereocenters. The van der Waals surface area contributed by atoms with Crippen LogP contribution in [-0.4, -0.2) is 18.0 Å². The molecular weight excluding hydrogens is 360 g/mol. The van der Waals surface area contributed by atoms with Gasteiger partial charge in [-0.2, -0.15) is 0 Å². The molecule has 0 aromatic heterocycles. The molecule has 0 heterocycles. The van der Waals surface area contributed by atoms with Gasteiger partial charge in [0.25, 0.3) is 5.91 Å². The molecule has 1 aromatic rings. The molecule has 3 N–H and O–H groups in total. The number of nitrogens with one attached hydrogen (secondary N) is 1. The van der Waals surface area contributed by atoms with Gasteiger partial charge in [0.2, 0.25) is 0 Å². The molecule has 5 heteroatoms. The molecular formula is C13H16Br2N2O. The highest BCUT2D eigenvalue weighted by atomic mass is 79.9. The molecule has 1 aliphatic carbocycles. The van der Waals surface area contributed by atoms with E-state index in [9.17, 15) is 4.79 Å². The summed E-state index contributed by atoms with van der Waals surface area (Å²) < 4.78 is 1.77. The number of halogens is 2. The molecule has 0 saturated heterocycles. The highest BCUT2D eigenvalue weighted by Crippen LogP contribution is 2.21. The second-order valence-electron chi connectivity index (χ2n) is 4.69. The fourth-order valence-corrected chi connectivity index (χ4v) is 3.57. The standard InChI is InChI=1S/C13H16Br2N2O/c14-9-5-8(6-10(15)7-9)13(18)17-12-4-2-1-3-11(12)16/h5-7,11-12H,1-4,16H2,(H,17,18)/t11-,12-/m1/s1. The Bertz CT molecular complexity index is 430. The summed E-state index contributed by atoms with van der Waals surface area (Å²) in [4.78, 5) is 12.2. The van der Waals surface area contributed by atoms with Crippen LogP contribution in [0.2, 0.25) is 0 Å². The Labute approximate surface area is 124 Å². The topological polar surface area (TPSA) is 55.1 Å². The van der Waals surface area contributed by atoms with Crippen molar-refractivity contribution >= 4 is 37.8 Å². The van der Waals surface area contributed by atoms with Gasteiger partial charge in [-0.3, -0.25) is 4.79 Å². The lowest BCUT2D eigenvalue weighted by molar-refractivity contribution is 0.0921. The minimum atomic E-state index is -0.0562. The average molecular weight is 376 g/mol. The summed E-state index contributed by atoms with van der Waals surface area (Å²) in [6, 6.07) is 5.72. The van der Waals surface area contributed by atoms with Crippen molar-refractivity contribution in [2.24, 2.45) is 5.73 Å². The minimum absolute atomic E-state index is 0.0562. The van der Waals surface area contributed by atoms with Crippen LogP contribution in [0.5, 0.6) is 0 Å². The second kappa shape index (κ2) is 6.17. The van der Waals surface area contributed by atoms with Crippen LogP contribution in [0.4, 0.5) is 0 Å². The van der Waals surface area contributed by atoms with E-state index >= 15 is 0 Å². The van der Waals surface area contributed by atoms with Crippen molar-refractivity contribution < 1.29 is 4.79 Å². The molecule has 98 valence electrons. The Morgan fingerprint density at radius 1 is 1.17 bits per heavy atom. The van der Waals surface area contributed by atoms with Gasteiger partial charge in [0, 0.05) is 26.6 Å². The molecule has 1 aliphatic rings. The fraction of sp³-hybridized carbons (Fsp3) is 0.462. The highest BCUT2D eigenvalue weighted by Gasteiger charge is 2.23. The van der Waals surface area contributed by atoms with Crippen LogP contribution in [-0.2, 0) is 0 Å². The summed E-state index contributed by atoms with van der Waals surface area (Å²) in [7, 11) is 0. The molecule has 2 rings (SSSR count). The van der Waals surface area contributed by atoms with Gasteiger partial charge < -0.3 is 11.1 Å². The van der Waals surface area contributed by atoms with Crippen molar-refractivity contribution in [1.82, 2.24) is 5.32 Å². The van der Waals surface area contributed by atoms with Gasteiger partial charge in [0.15, 0.2) is 0 Å². The summed E-state index contributed by atoms with van der Waals surface area (Å²) in [5.74, 6) is -0.0562. The summed E-state index contributed by atoms with van der Waals surface area (Å²) in [5, 5.41) is 3.03. The van der Waals surface area contributed by atoms with E-state index < -0.39 is 0 Å². The first-order valence-corrected chi connectivity index (χ1v) is 7.67. The van der Waals surface area contributed by atoms with Crippen molar-refractivity contribution in [3.05, 3.63) is 32.7 Å². The SMILES string of the molecule is N[C@@H]1CCCC[C@H]1NC(=O)c1cc(Br)cc(Br)c1. The van der Waals surface area contributed by atoms with Crippen molar-refractivity contribution in [3.63, 3.8) is 0 Å². The van der Waals surface area contributed by atoms with E-state index in [1.807, 2.05) is 18.2 Å². The quantitative estimate of drug-likeness (QED) is 0.833. The Hall–Kier alpha value is -0.390. The predicted molar refractivity (Wildman–Crippen MR) is 79.5 cm³/mol. The predicted octanol–water partition coefficient (Wildman–Crippen LogP) is 3.21. The van der Waals surface area contributed by atoms with Gasteiger partial charge in [-0.25, -0.2) is 0 Å². The zero-order valence-corrected chi connectivity index (χ0v) is 13.1. The first-order chi connectivity index (χ1) is 8.56. The molecule has 1 saturated carbocycles. The molecule has 0 bridgehead atoms. The molecule has 18 heavy (non-hydrogen) atoms. The number of hydrogen-bond donors (Lipinski definition) is 2. The van der Waals surface area contributed by atoms with Crippen molar-refractivity contribution in [3.8, 4) is 0 Å². The second-order valence-corrected chi connectivity index (χ2v) is 6.52. The van der Waals surface area contributed by atoms with Gasteiger partial charge in [-0.15, -0.1) is 0 Å². The smallest absolute Gasteiger partial charge is 0.251 e. The number of nitrogens with two attached hydrogens (primary N) is 1. The lowest BCUT2D eigenvalue weighted by Gasteiger charge is -2.29. The minimum Gasteiger partial charge on any atom is -0.348 e. The summed E-state index contributed by atoms with van der Waals surface area (Å²) >= 11 is 6.77. The number of benzene rings is 1. The molecule has 0 radical (unpaired) electrons. The molecule has 1 amide bonds. The number of carbonyl (C=O) groups excluding carboxylic acids is 1. The average Bonchev–Trinajstić information content (AvgIpc) is 2.31. The molecule has 0 aliphatic heterocycles.